The second-order valence-corrected chi connectivity index (χ2v) is 4.60. The van der Waals surface area contributed by atoms with Crippen molar-refractivity contribution < 1.29 is 4.74 Å². The molecular formula is C13H19NO. The van der Waals surface area contributed by atoms with E-state index in [0.717, 1.165) is 19.8 Å². The van der Waals surface area contributed by atoms with Crippen LogP contribution in [0.5, 0.6) is 0 Å². The highest BCUT2D eigenvalue weighted by atomic mass is 16.5. The maximum Gasteiger partial charge on any atom is 0.0598 e. The molecule has 0 aromatic heterocycles. The van der Waals surface area contributed by atoms with Crippen molar-refractivity contribution in [3.8, 4) is 0 Å². The summed E-state index contributed by atoms with van der Waals surface area (Å²) in [6.07, 6.45) is 0. The molecular weight excluding hydrogens is 186 g/mol. The summed E-state index contributed by atoms with van der Waals surface area (Å²) < 4.78 is 5.38. The lowest BCUT2D eigenvalue weighted by Crippen LogP contribution is -2.52. The van der Waals surface area contributed by atoms with E-state index in [-0.39, 0.29) is 5.41 Å². The molecule has 1 heterocycles. The van der Waals surface area contributed by atoms with E-state index < -0.39 is 0 Å². The molecule has 1 aliphatic rings. The highest BCUT2D eigenvalue weighted by Gasteiger charge is 2.39. The third-order valence-electron chi connectivity index (χ3n) is 3.39. The van der Waals surface area contributed by atoms with Crippen molar-refractivity contribution >= 4 is 0 Å². The molecule has 2 heteroatoms. The molecule has 1 aliphatic heterocycles. The molecule has 0 amide bonds. The number of benzene rings is 1. The minimum atomic E-state index is 0.215. The van der Waals surface area contributed by atoms with E-state index in [9.17, 15) is 0 Å². The maximum absolute atomic E-state index is 5.38. The van der Waals surface area contributed by atoms with Gasteiger partial charge >= 0.3 is 0 Å². The van der Waals surface area contributed by atoms with Gasteiger partial charge in [-0.2, -0.15) is 0 Å². The number of hydrogen-bond donors (Lipinski definition) is 1. The van der Waals surface area contributed by atoms with Crippen molar-refractivity contribution in [2.75, 3.05) is 26.8 Å². The van der Waals surface area contributed by atoms with Gasteiger partial charge in [-0.3, -0.25) is 0 Å². The fraction of sp³-hybridized carbons (Fsp3) is 0.538. The Bertz CT molecular complexity index is 356. The number of nitrogens with one attached hydrogen (secondary N) is 1. The first kappa shape index (κ1) is 10.7. The second kappa shape index (κ2) is 3.95. The molecule has 82 valence electrons. The third kappa shape index (κ3) is 1.80. The van der Waals surface area contributed by atoms with Crippen LogP contribution in [0.15, 0.2) is 18.2 Å². The van der Waals surface area contributed by atoms with Gasteiger partial charge in [0.2, 0.25) is 0 Å². The van der Waals surface area contributed by atoms with Gasteiger partial charge in [0.25, 0.3) is 0 Å². The average molecular weight is 205 g/mol. The van der Waals surface area contributed by atoms with E-state index in [1.54, 1.807) is 0 Å². The van der Waals surface area contributed by atoms with Gasteiger partial charge in [0, 0.05) is 6.54 Å². The minimum Gasteiger partial charge on any atom is -0.379 e. The van der Waals surface area contributed by atoms with E-state index in [0.29, 0.717) is 0 Å². The molecule has 2 rings (SSSR count). The fourth-order valence-electron chi connectivity index (χ4n) is 2.13. The molecule has 0 radical (unpaired) electrons. The van der Waals surface area contributed by atoms with Crippen LogP contribution in [0.4, 0.5) is 0 Å². The molecule has 0 spiro atoms. The number of hydrogen-bond acceptors (Lipinski definition) is 2. The van der Waals surface area contributed by atoms with E-state index >= 15 is 0 Å². The predicted molar refractivity (Wildman–Crippen MR) is 62.3 cm³/mol. The van der Waals surface area contributed by atoms with Crippen molar-refractivity contribution in [1.29, 1.82) is 0 Å². The zero-order valence-electron chi connectivity index (χ0n) is 9.76. The van der Waals surface area contributed by atoms with Crippen molar-refractivity contribution in [2.45, 2.75) is 19.3 Å². The van der Waals surface area contributed by atoms with Gasteiger partial charge in [-0.1, -0.05) is 18.2 Å². The Kier molecular flexibility index (Phi) is 2.81. The molecule has 0 bridgehead atoms. The highest BCUT2D eigenvalue weighted by Crippen LogP contribution is 2.32. The molecule has 1 N–H and O–H groups in total. The summed E-state index contributed by atoms with van der Waals surface area (Å²) in [5, 5.41) is 3.26. The summed E-state index contributed by atoms with van der Waals surface area (Å²) in [6.45, 7) is 7.01. The lowest BCUT2D eigenvalue weighted by molar-refractivity contribution is -0.0582. The maximum atomic E-state index is 5.38. The van der Waals surface area contributed by atoms with Gasteiger partial charge in [0.05, 0.1) is 18.6 Å². The number of rotatable bonds is 3. The molecule has 15 heavy (non-hydrogen) atoms. The summed E-state index contributed by atoms with van der Waals surface area (Å²) in [5.41, 5.74) is 4.35. The molecule has 0 saturated carbocycles. The van der Waals surface area contributed by atoms with Crippen LogP contribution in [-0.2, 0) is 10.2 Å². The summed E-state index contributed by atoms with van der Waals surface area (Å²) in [6, 6.07) is 6.75. The van der Waals surface area contributed by atoms with Gasteiger partial charge < -0.3 is 10.1 Å². The summed E-state index contributed by atoms with van der Waals surface area (Å²) in [4.78, 5) is 0. The first-order valence-electron chi connectivity index (χ1n) is 5.48. The minimum absolute atomic E-state index is 0.215. The lowest BCUT2D eigenvalue weighted by Gasteiger charge is -2.42. The lowest BCUT2D eigenvalue weighted by atomic mass is 9.77. The number of aryl methyl sites for hydroxylation is 2. The van der Waals surface area contributed by atoms with E-state index in [2.05, 4.69) is 37.4 Å². The summed E-state index contributed by atoms with van der Waals surface area (Å²) in [5.74, 6) is 0. The van der Waals surface area contributed by atoms with Gasteiger partial charge in [-0.05, 0) is 37.6 Å². The number of ether oxygens (including phenoxy) is 1. The van der Waals surface area contributed by atoms with Crippen LogP contribution in [0.2, 0.25) is 0 Å². The second-order valence-electron chi connectivity index (χ2n) is 4.60. The van der Waals surface area contributed by atoms with E-state index in [1.165, 1.54) is 16.7 Å². The Morgan fingerprint density at radius 3 is 2.47 bits per heavy atom. The molecule has 0 unspecified atom stereocenters. The van der Waals surface area contributed by atoms with Gasteiger partial charge in [-0.25, -0.2) is 0 Å². The smallest absolute Gasteiger partial charge is 0.0598 e. The molecule has 0 atom stereocenters. The van der Waals surface area contributed by atoms with E-state index in [1.807, 2.05) is 7.05 Å². The van der Waals surface area contributed by atoms with Crippen LogP contribution in [0.3, 0.4) is 0 Å². The largest absolute Gasteiger partial charge is 0.379 e. The van der Waals surface area contributed by atoms with Gasteiger partial charge in [0.15, 0.2) is 0 Å². The normalized spacial score (nSPS) is 18.6. The molecule has 1 aromatic carbocycles. The highest BCUT2D eigenvalue weighted by molar-refractivity contribution is 5.36. The van der Waals surface area contributed by atoms with Crippen LogP contribution in [-0.4, -0.2) is 26.8 Å². The first-order valence-corrected chi connectivity index (χ1v) is 5.48. The zero-order chi connectivity index (χ0) is 10.9. The Labute approximate surface area is 91.6 Å². The van der Waals surface area contributed by atoms with Crippen LogP contribution in [0.1, 0.15) is 16.7 Å². The van der Waals surface area contributed by atoms with Crippen molar-refractivity contribution in [2.24, 2.45) is 0 Å². The third-order valence-corrected chi connectivity index (χ3v) is 3.39. The van der Waals surface area contributed by atoms with Crippen molar-refractivity contribution in [3.05, 3.63) is 34.9 Å². The average Bonchev–Trinajstić information content (AvgIpc) is 2.16. The topological polar surface area (TPSA) is 21.3 Å². The van der Waals surface area contributed by atoms with E-state index in [4.69, 9.17) is 4.74 Å². The molecule has 1 saturated heterocycles. The van der Waals surface area contributed by atoms with Crippen LogP contribution in [0.25, 0.3) is 0 Å². The van der Waals surface area contributed by atoms with Crippen molar-refractivity contribution in [3.63, 3.8) is 0 Å². The number of likely N-dealkylation sites (N-methyl/N-ethyl adjacent to an activating group) is 1. The Hall–Kier alpha value is -0.860. The quantitative estimate of drug-likeness (QED) is 0.812. The monoisotopic (exact) mass is 205 g/mol. The predicted octanol–water partition coefficient (Wildman–Crippen LogP) is 1.79. The standard InChI is InChI=1S/C13H19NO/c1-10-4-5-12(6-11(10)2)13(7-14-3)8-15-9-13/h4-6,14H,7-9H2,1-3H3. The summed E-state index contributed by atoms with van der Waals surface area (Å²) >= 11 is 0. The Morgan fingerprint density at radius 2 is 2.00 bits per heavy atom. The van der Waals surface area contributed by atoms with Crippen LogP contribution in [0, 0.1) is 13.8 Å². The zero-order valence-corrected chi connectivity index (χ0v) is 9.76. The fourth-order valence-corrected chi connectivity index (χ4v) is 2.13. The summed E-state index contributed by atoms with van der Waals surface area (Å²) in [7, 11) is 2.00. The molecule has 1 fully saturated rings. The van der Waals surface area contributed by atoms with Crippen molar-refractivity contribution in [1.82, 2.24) is 5.32 Å². The molecule has 2 nitrogen and oxygen atoms in total. The van der Waals surface area contributed by atoms with Gasteiger partial charge in [0.1, 0.15) is 0 Å². The van der Waals surface area contributed by atoms with Crippen LogP contribution < -0.4 is 5.32 Å². The molecule has 1 aromatic rings. The first-order chi connectivity index (χ1) is 7.18. The molecule has 0 aliphatic carbocycles. The Morgan fingerprint density at radius 1 is 1.27 bits per heavy atom. The Balaban J connectivity index is 2.30. The van der Waals surface area contributed by atoms with Crippen LogP contribution >= 0.6 is 0 Å². The SMILES string of the molecule is CNCC1(c2ccc(C)c(C)c2)COC1. The van der Waals surface area contributed by atoms with Gasteiger partial charge in [-0.15, -0.1) is 0 Å².